The van der Waals surface area contributed by atoms with Crippen molar-refractivity contribution in [3.05, 3.63) is 83.7 Å². The zero-order chi connectivity index (χ0) is 17.2. The molecule has 25 heavy (non-hydrogen) atoms. The van der Waals surface area contributed by atoms with Crippen LogP contribution in [-0.2, 0) is 0 Å². The molecule has 0 spiro atoms. The Bertz CT molecular complexity index is 998. The topological polar surface area (TPSA) is 83.8 Å². The van der Waals surface area contributed by atoms with Gasteiger partial charge in [0, 0.05) is 23.5 Å². The molecule has 0 atom stereocenters. The lowest BCUT2D eigenvalue weighted by atomic mass is 9.98. The van der Waals surface area contributed by atoms with Crippen molar-refractivity contribution < 1.29 is 14.7 Å². The van der Waals surface area contributed by atoms with Gasteiger partial charge in [0.05, 0.1) is 11.3 Å². The predicted octanol–water partition coefficient (Wildman–Crippen LogP) is 3.48. The van der Waals surface area contributed by atoms with Crippen molar-refractivity contribution in [2.75, 3.05) is 0 Å². The first-order valence-electron chi connectivity index (χ1n) is 7.61. The number of carbonyl (C=O) groups is 1. The fourth-order valence-electron chi connectivity index (χ4n) is 2.73. The molecule has 2 N–H and O–H groups in total. The monoisotopic (exact) mass is 331 g/mol. The van der Waals surface area contributed by atoms with Gasteiger partial charge in [0.1, 0.15) is 11.4 Å². The van der Waals surface area contributed by atoms with Gasteiger partial charge < -0.3 is 4.74 Å². The zero-order valence-corrected chi connectivity index (χ0v) is 13.0. The molecule has 0 bridgehead atoms. The van der Waals surface area contributed by atoms with E-state index in [0.717, 1.165) is 5.56 Å². The highest BCUT2D eigenvalue weighted by Gasteiger charge is 2.23. The van der Waals surface area contributed by atoms with Crippen LogP contribution in [0.25, 0.3) is 0 Å². The summed E-state index contributed by atoms with van der Waals surface area (Å²) in [5, 5.41) is 9.03. The molecule has 122 valence electrons. The smallest absolute Gasteiger partial charge is 0.276 e. The van der Waals surface area contributed by atoms with Crippen molar-refractivity contribution in [2.45, 2.75) is 0 Å². The number of pyridine rings is 1. The fraction of sp³-hybridized carbons (Fsp3) is 0. The zero-order valence-electron chi connectivity index (χ0n) is 13.0. The number of aliphatic imine (C=N–C) groups is 1. The second-order valence-electron chi connectivity index (χ2n) is 5.39. The third-order valence-electron chi connectivity index (χ3n) is 3.88. The quantitative estimate of drug-likeness (QED) is 0.435. The Morgan fingerprint density at radius 2 is 1.72 bits per heavy atom. The number of carbonyl (C=O) groups excluding carboxylic acids is 1. The maximum atomic E-state index is 12.0. The van der Waals surface area contributed by atoms with Crippen molar-refractivity contribution >= 4 is 17.3 Å². The number of aromatic nitrogens is 1. The number of hydroxylamine groups is 1. The van der Waals surface area contributed by atoms with Crippen LogP contribution < -0.4 is 10.2 Å². The van der Waals surface area contributed by atoms with E-state index >= 15 is 0 Å². The summed E-state index contributed by atoms with van der Waals surface area (Å²) in [7, 11) is 0. The summed E-state index contributed by atoms with van der Waals surface area (Å²) in [5.41, 5.74) is 4.40. The molecule has 1 aliphatic rings. The summed E-state index contributed by atoms with van der Waals surface area (Å²) in [6.45, 7) is 0. The molecule has 6 heteroatoms. The molecule has 1 aromatic heterocycles. The second-order valence-corrected chi connectivity index (χ2v) is 5.39. The van der Waals surface area contributed by atoms with Crippen LogP contribution in [-0.4, -0.2) is 21.8 Å². The van der Waals surface area contributed by atoms with Crippen molar-refractivity contribution in [1.82, 2.24) is 10.5 Å². The summed E-state index contributed by atoms with van der Waals surface area (Å²) in [6, 6.07) is 16.6. The number of hydrogen-bond donors (Lipinski definition) is 2. The number of benzene rings is 2. The van der Waals surface area contributed by atoms with Crippen LogP contribution in [0.4, 0.5) is 5.69 Å². The van der Waals surface area contributed by atoms with Crippen LogP contribution in [0.15, 0.2) is 72.0 Å². The minimum atomic E-state index is -0.651. The van der Waals surface area contributed by atoms with Crippen LogP contribution in [0.2, 0.25) is 0 Å². The van der Waals surface area contributed by atoms with E-state index in [9.17, 15) is 4.79 Å². The third-order valence-corrected chi connectivity index (χ3v) is 3.88. The molecule has 0 fully saturated rings. The van der Waals surface area contributed by atoms with Crippen LogP contribution in [0.5, 0.6) is 11.5 Å². The van der Waals surface area contributed by atoms with Crippen molar-refractivity contribution in [1.29, 1.82) is 0 Å². The summed E-state index contributed by atoms with van der Waals surface area (Å²) in [4.78, 5) is 20.7. The molecule has 0 radical (unpaired) electrons. The normalized spacial score (nSPS) is 12.1. The number of para-hydroxylation sites is 3. The first kappa shape index (κ1) is 15.0. The Kier molecular flexibility index (Phi) is 3.72. The van der Waals surface area contributed by atoms with E-state index < -0.39 is 5.91 Å². The average Bonchev–Trinajstić information content (AvgIpc) is 2.84. The maximum Gasteiger partial charge on any atom is 0.276 e. The van der Waals surface area contributed by atoms with Gasteiger partial charge in [-0.3, -0.25) is 15.0 Å². The highest BCUT2D eigenvalue weighted by Crippen LogP contribution is 2.38. The van der Waals surface area contributed by atoms with Crippen molar-refractivity contribution in [2.24, 2.45) is 4.99 Å². The van der Waals surface area contributed by atoms with Crippen LogP contribution >= 0.6 is 0 Å². The van der Waals surface area contributed by atoms with Crippen molar-refractivity contribution in [3.63, 3.8) is 0 Å². The number of nitrogens with zero attached hydrogens (tertiary/aromatic N) is 2. The van der Waals surface area contributed by atoms with Gasteiger partial charge in [0.25, 0.3) is 5.91 Å². The average molecular weight is 331 g/mol. The fourth-order valence-corrected chi connectivity index (χ4v) is 2.73. The van der Waals surface area contributed by atoms with Gasteiger partial charge in [0.2, 0.25) is 0 Å². The number of nitrogens with one attached hydrogen (secondary N) is 1. The lowest BCUT2D eigenvalue weighted by Gasteiger charge is -2.12. The maximum absolute atomic E-state index is 12.0. The minimum absolute atomic E-state index is 0.220. The number of amides is 1. The number of ether oxygens (including phenoxy) is 1. The minimum Gasteiger partial charge on any atom is -0.454 e. The Morgan fingerprint density at radius 3 is 2.56 bits per heavy atom. The molecule has 4 rings (SSSR count). The number of hydrogen-bond acceptors (Lipinski definition) is 5. The van der Waals surface area contributed by atoms with Crippen LogP contribution in [0.1, 0.15) is 21.5 Å². The van der Waals surface area contributed by atoms with Gasteiger partial charge in [-0.2, -0.15) is 0 Å². The predicted molar refractivity (Wildman–Crippen MR) is 91.7 cm³/mol. The molecule has 0 saturated heterocycles. The highest BCUT2D eigenvalue weighted by molar-refractivity contribution is 6.20. The molecule has 0 saturated carbocycles. The Balaban J connectivity index is 2.01. The summed E-state index contributed by atoms with van der Waals surface area (Å²) in [6.07, 6.45) is 2.97. The van der Waals surface area contributed by atoms with Gasteiger partial charge in [-0.15, -0.1) is 0 Å². The highest BCUT2D eigenvalue weighted by atomic mass is 16.5. The van der Waals surface area contributed by atoms with Crippen molar-refractivity contribution in [3.8, 4) is 11.5 Å². The molecule has 0 aliphatic carbocycles. The molecule has 2 heterocycles. The Morgan fingerprint density at radius 1 is 0.960 bits per heavy atom. The van der Waals surface area contributed by atoms with Gasteiger partial charge in [-0.05, 0) is 30.3 Å². The Hall–Kier alpha value is -3.51. The molecular formula is C19H13N3O3. The Labute approximate surface area is 143 Å². The second kappa shape index (κ2) is 6.18. The first-order valence-corrected chi connectivity index (χ1v) is 7.61. The van der Waals surface area contributed by atoms with E-state index in [-0.39, 0.29) is 5.56 Å². The van der Waals surface area contributed by atoms with E-state index in [0.29, 0.717) is 28.5 Å². The summed E-state index contributed by atoms with van der Waals surface area (Å²) < 4.78 is 6.00. The summed E-state index contributed by atoms with van der Waals surface area (Å²) >= 11 is 0. The molecule has 6 nitrogen and oxygen atoms in total. The molecule has 1 amide bonds. The van der Waals surface area contributed by atoms with E-state index in [1.54, 1.807) is 17.7 Å². The van der Waals surface area contributed by atoms with Gasteiger partial charge in [-0.1, -0.05) is 24.3 Å². The third kappa shape index (κ3) is 2.64. The molecule has 1 aliphatic heterocycles. The lowest BCUT2D eigenvalue weighted by molar-refractivity contribution is 0.0705. The molecular weight excluding hydrogens is 318 g/mol. The van der Waals surface area contributed by atoms with E-state index in [1.807, 2.05) is 48.5 Å². The lowest BCUT2D eigenvalue weighted by Crippen LogP contribution is -2.22. The van der Waals surface area contributed by atoms with E-state index in [1.165, 1.54) is 6.20 Å². The van der Waals surface area contributed by atoms with Crippen LogP contribution in [0.3, 0.4) is 0 Å². The molecule has 3 aromatic rings. The van der Waals surface area contributed by atoms with E-state index in [4.69, 9.17) is 14.9 Å². The largest absolute Gasteiger partial charge is 0.454 e. The first-order chi connectivity index (χ1) is 12.3. The molecule has 0 unspecified atom stereocenters. The summed E-state index contributed by atoms with van der Waals surface area (Å²) in [5.74, 6) is 0.618. The van der Waals surface area contributed by atoms with Gasteiger partial charge in [-0.25, -0.2) is 10.5 Å². The molecule has 2 aromatic carbocycles. The SMILES string of the molecule is O=C(NO)c1cnccc1C1=Nc2ccccc2Oc2ccccc21. The standard InChI is InChI=1S/C19H13N3O3/c23-19(22-24)14-11-20-10-9-12(14)18-13-5-1-3-7-16(13)25-17-8-4-2-6-15(17)21-18/h1-11,24H,(H,22,23). The number of rotatable bonds is 2. The van der Waals surface area contributed by atoms with Gasteiger partial charge in [0.15, 0.2) is 5.75 Å². The van der Waals surface area contributed by atoms with Crippen LogP contribution in [0, 0.1) is 0 Å². The van der Waals surface area contributed by atoms with Gasteiger partial charge >= 0.3 is 0 Å². The van der Waals surface area contributed by atoms with E-state index in [2.05, 4.69) is 4.98 Å². The number of fused-ring (bicyclic) bond motifs is 2.